The molecule has 2 atom stereocenters. The van der Waals surface area contributed by atoms with Crippen molar-refractivity contribution in [3.63, 3.8) is 0 Å². The fourth-order valence-electron chi connectivity index (χ4n) is 4.03. The Bertz CT molecular complexity index is 589. The molecule has 0 bridgehead atoms. The summed E-state index contributed by atoms with van der Waals surface area (Å²) in [5, 5.41) is 10.5. The number of ether oxygens (including phenoxy) is 1. The summed E-state index contributed by atoms with van der Waals surface area (Å²) in [5.74, 6) is 1.37. The quantitative estimate of drug-likeness (QED) is 0.867. The van der Waals surface area contributed by atoms with Crippen LogP contribution in [0.4, 0.5) is 0 Å². The molecular formula is C16H24N4O2. The molecule has 0 radical (unpaired) electrons. The summed E-state index contributed by atoms with van der Waals surface area (Å²) in [6.45, 7) is 2.17. The Morgan fingerprint density at radius 1 is 1.45 bits per heavy atom. The Kier molecular flexibility index (Phi) is 3.27. The predicted molar refractivity (Wildman–Crippen MR) is 81.9 cm³/mol. The van der Waals surface area contributed by atoms with E-state index in [-0.39, 0.29) is 11.4 Å². The Labute approximate surface area is 130 Å². The molecule has 2 unspecified atom stereocenters. The summed E-state index contributed by atoms with van der Waals surface area (Å²) < 4.78 is 5.47. The zero-order valence-corrected chi connectivity index (χ0v) is 13.3. The lowest BCUT2D eigenvalue weighted by molar-refractivity contribution is -0.00660. The van der Waals surface area contributed by atoms with Gasteiger partial charge in [0.05, 0.1) is 0 Å². The smallest absolute Gasteiger partial charge is 0.272 e. The highest BCUT2D eigenvalue weighted by Gasteiger charge is 2.48. The number of rotatable bonds is 4. The summed E-state index contributed by atoms with van der Waals surface area (Å²) in [6.07, 6.45) is 4.18. The minimum Gasteiger partial charge on any atom is -0.381 e. The van der Waals surface area contributed by atoms with Crippen LogP contribution in [-0.4, -0.2) is 60.4 Å². The van der Waals surface area contributed by atoms with E-state index in [9.17, 15) is 4.79 Å². The molecule has 2 N–H and O–H groups in total. The van der Waals surface area contributed by atoms with E-state index in [0.717, 1.165) is 44.0 Å². The van der Waals surface area contributed by atoms with Crippen LogP contribution in [0.15, 0.2) is 0 Å². The largest absolute Gasteiger partial charge is 0.381 e. The number of carbonyl (C=O) groups excluding carboxylic acids is 1. The number of nitrogens with one attached hydrogen (secondary N) is 2. The van der Waals surface area contributed by atoms with Crippen molar-refractivity contribution in [2.24, 2.45) is 5.92 Å². The molecule has 2 aliphatic carbocycles. The minimum absolute atomic E-state index is 0.00444. The predicted octanol–water partition coefficient (Wildman–Crippen LogP) is 0.910. The first kappa shape index (κ1) is 14.2. The number of aromatic nitrogens is 2. The van der Waals surface area contributed by atoms with E-state index < -0.39 is 0 Å². The Morgan fingerprint density at radius 3 is 2.95 bits per heavy atom. The van der Waals surface area contributed by atoms with Gasteiger partial charge in [-0.05, 0) is 45.7 Å². The van der Waals surface area contributed by atoms with Crippen molar-refractivity contribution in [1.82, 2.24) is 20.4 Å². The Morgan fingerprint density at radius 2 is 2.23 bits per heavy atom. The number of likely N-dealkylation sites (N-methyl/N-ethyl adjacent to an activating group) is 1. The van der Waals surface area contributed by atoms with Gasteiger partial charge in [-0.15, -0.1) is 0 Å². The van der Waals surface area contributed by atoms with Gasteiger partial charge in [0.15, 0.2) is 5.69 Å². The number of aromatic amines is 1. The zero-order chi connectivity index (χ0) is 15.3. The van der Waals surface area contributed by atoms with E-state index in [2.05, 4.69) is 34.5 Å². The van der Waals surface area contributed by atoms with Gasteiger partial charge in [0, 0.05) is 42.5 Å². The van der Waals surface area contributed by atoms with Crippen LogP contribution in [0.3, 0.4) is 0 Å². The van der Waals surface area contributed by atoms with Crippen molar-refractivity contribution in [1.29, 1.82) is 0 Å². The fourth-order valence-corrected chi connectivity index (χ4v) is 4.03. The topological polar surface area (TPSA) is 70.2 Å². The number of hydrogen-bond acceptors (Lipinski definition) is 4. The average molecular weight is 304 g/mol. The highest BCUT2D eigenvalue weighted by molar-refractivity contribution is 5.94. The number of nitrogens with zero attached hydrogens (tertiary/aromatic N) is 2. The van der Waals surface area contributed by atoms with Gasteiger partial charge in [-0.25, -0.2) is 0 Å². The lowest BCUT2D eigenvalue weighted by Gasteiger charge is -2.42. The maximum Gasteiger partial charge on any atom is 0.272 e. The molecule has 0 aromatic carbocycles. The molecule has 120 valence electrons. The molecule has 4 rings (SSSR count). The summed E-state index contributed by atoms with van der Waals surface area (Å²) in [5.41, 5.74) is 2.98. The average Bonchev–Trinajstić information content (AvgIpc) is 3.01. The zero-order valence-electron chi connectivity index (χ0n) is 13.3. The summed E-state index contributed by atoms with van der Waals surface area (Å²) in [4.78, 5) is 14.8. The van der Waals surface area contributed by atoms with Crippen molar-refractivity contribution < 1.29 is 9.53 Å². The Balaban J connectivity index is 1.45. The number of fused-ring (bicyclic) bond motifs is 3. The lowest BCUT2D eigenvalue weighted by atomic mass is 9.88. The van der Waals surface area contributed by atoms with Crippen molar-refractivity contribution >= 4 is 5.91 Å². The van der Waals surface area contributed by atoms with Crippen LogP contribution in [0, 0.1) is 5.92 Å². The normalized spacial score (nSPS) is 28.3. The SMILES string of the molecule is CN(C)C1(CNC(=O)c2n[nH]c3c2CC2CC32)CCOCC1. The molecule has 1 aromatic heterocycles. The van der Waals surface area contributed by atoms with E-state index in [1.807, 2.05) is 0 Å². The molecule has 0 spiro atoms. The van der Waals surface area contributed by atoms with Crippen LogP contribution in [-0.2, 0) is 11.2 Å². The number of amides is 1. The first-order valence-electron chi connectivity index (χ1n) is 8.21. The fraction of sp³-hybridized carbons (Fsp3) is 0.750. The van der Waals surface area contributed by atoms with Crippen molar-refractivity contribution in [3.8, 4) is 0 Å². The van der Waals surface area contributed by atoms with Crippen LogP contribution in [0.2, 0.25) is 0 Å². The van der Waals surface area contributed by atoms with Gasteiger partial charge in [-0.1, -0.05) is 0 Å². The van der Waals surface area contributed by atoms with Gasteiger partial charge in [0.2, 0.25) is 0 Å². The molecule has 1 aliphatic heterocycles. The van der Waals surface area contributed by atoms with E-state index in [0.29, 0.717) is 18.2 Å². The second kappa shape index (κ2) is 5.06. The van der Waals surface area contributed by atoms with Crippen LogP contribution < -0.4 is 5.32 Å². The van der Waals surface area contributed by atoms with Gasteiger partial charge in [-0.3, -0.25) is 9.89 Å². The molecule has 1 amide bonds. The third-order valence-corrected chi connectivity index (χ3v) is 5.82. The van der Waals surface area contributed by atoms with E-state index in [1.165, 1.54) is 12.1 Å². The van der Waals surface area contributed by atoms with Crippen molar-refractivity contribution in [2.75, 3.05) is 33.9 Å². The third kappa shape index (κ3) is 2.16. The second-order valence-corrected chi connectivity index (χ2v) is 7.18. The highest BCUT2D eigenvalue weighted by Crippen LogP contribution is 2.55. The van der Waals surface area contributed by atoms with Gasteiger partial charge in [0.25, 0.3) is 5.91 Å². The van der Waals surface area contributed by atoms with Gasteiger partial charge in [0.1, 0.15) is 0 Å². The van der Waals surface area contributed by atoms with Crippen LogP contribution in [0.1, 0.15) is 46.9 Å². The highest BCUT2D eigenvalue weighted by atomic mass is 16.5. The monoisotopic (exact) mass is 304 g/mol. The third-order valence-electron chi connectivity index (χ3n) is 5.82. The van der Waals surface area contributed by atoms with Gasteiger partial charge >= 0.3 is 0 Å². The molecule has 1 saturated heterocycles. The summed E-state index contributed by atoms with van der Waals surface area (Å²) >= 11 is 0. The van der Waals surface area contributed by atoms with Crippen molar-refractivity contribution in [2.45, 2.75) is 37.1 Å². The maximum atomic E-state index is 12.6. The molecule has 22 heavy (non-hydrogen) atoms. The lowest BCUT2D eigenvalue weighted by Crippen LogP contribution is -2.55. The number of carbonyl (C=O) groups is 1. The van der Waals surface area contributed by atoms with Gasteiger partial charge < -0.3 is 15.0 Å². The molecular weight excluding hydrogens is 280 g/mol. The van der Waals surface area contributed by atoms with E-state index in [4.69, 9.17) is 4.74 Å². The summed E-state index contributed by atoms with van der Waals surface area (Å²) in [6, 6.07) is 0. The molecule has 6 nitrogen and oxygen atoms in total. The molecule has 1 saturated carbocycles. The molecule has 1 aromatic rings. The van der Waals surface area contributed by atoms with Crippen LogP contribution in [0.25, 0.3) is 0 Å². The summed E-state index contributed by atoms with van der Waals surface area (Å²) in [7, 11) is 4.16. The van der Waals surface area contributed by atoms with Gasteiger partial charge in [-0.2, -0.15) is 5.10 Å². The molecule has 6 heteroatoms. The first-order valence-corrected chi connectivity index (χ1v) is 8.21. The standard InChI is InChI=1S/C16H24N4O2/c1-20(2)16(3-5-22-6-4-16)9-17-15(21)14-12-8-10-7-11(10)13(12)18-19-14/h10-11H,3-9H2,1-2H3,(H,17,21)(H,18,19). The number of H-pyrrole nitrogens is 1. The van der Waals surface area contributed by atoms with Crippen molar-refractivity contribution in [3.05, 3.63) is 17.0 Å². The first-order chi connectivity index (χ1) is 10.6. The minimum atomic E-state index is -0.0356. The van der Waals surface area contributed by atoms with Crippen LogP contribution in [0.5, 0.6) is 0 Å². The van der Waals surface area contributed by atoms with E-state index >= 15 is 0 Å². The Hall–Kier alpha value is -1.40. The second-order valence-electron chi connectivity index (χ2n) is 7.18. The number of hydrogen-bond donors (Lipinski definition) is 2. The van der Waals surface area contributed by atoms with E-state index in [1.54, 1.807) is 0 Å². The molecule has 2 fully saturated rings. The van der Waals surface area contributed by atoms with Crippen LogP contribution >= 0.6 is 0 Å². The molecule has 2 heterocycles. The molecule has 3 aliphatic rings. The maximum absolute atomic E-state index is 12.6.